The Morgan fingerprint density at radius 2 is 1.50 bits per heavy atom. The van der Waals surface area contributed by atoms with Crippen LogP contribution in [0.3, 0.4) is 0 Å². The molecule has 4 saturated heterocycles. The van der Waals surface area contributed by atoms with Gasteiger partial charge in [0.2, 0.25) is 0 Å². The van der Waals surface area contributed by atoms with E-state index in [1.54, 1.807) is 7.05 Å². The summed E-state index contributed by atoms with van der Waals surface area (Å²) in [5.41, 5.74) is 5.41. The smallest absolute Gasteiger partial charge is 0.340 e. The van der Waals surface area contributed by atoms with Crippen molar-refractivity contribution < 1.29 is 31.1 Å². The van der Waals surface area contributed by atoms with Crippen molar-refractivity contribution in [1.29, 1.82) is 0 Å². The maximum absolute atomic E-state index is 14.1. The van der Waals surface area contributed by atoms with Crippen LogP contribution in [0.15, 0.2) is 0 Å². The largest absolute Gasteiger partial charge is 0.395 e. The maximum atomic E-state index is 14.1. The molecule has 0 aromatic rings. The zero-order valence-corrected chi connectivity index (χ0v) is 18.1. The second kappa shape index (κ2) is 9.53. The summed E-state index contributed by atoms with van der Waals surface area (Å²) in [4.78, 5) is 1.95. The fraction of sp³-hybridized carbons (Fsp3) is 1.00. The molecule has 4 heterocycles. The SMILES string of the molecule is CNC1CC(C(F)(F)F)C2NC1C1NNC(O1)[C@@H](C(F)(F)F)CCCCC[C@@H]1CCCN21. The van der Waals surface area contributed by atoms with Gasteiger partial charge in [-0.3, -0.25) is 10.2 Å². The Balaban J connectivity index is 1.63. The molecular formula is C20H33F6N5O. The molecule has 6 nitrogen and oxygen atoms in total. The van der Waals surface area contributed by atoms with Gasteiger partial charge in [0, 0.05) is 12.1 Å². The number of alkyl halides is 6. The standard InChI is InChI=1S/C20H33F6N5O/c1-27-14-10-13(20(24,25)26)16-28-15(14)18-30-29-17(32-18)12(19(21,22)23)8-4-2-3-6-11-7-5-9-31(11)16/h11-18,27-30H,2-10H2,1H3/t11-,12+,13?,14?,15?,16?,17?,18?/m1/s1. The molecule has 4 N–H and O–H groups in total. The van der Waals surface area contributed by atoms with Crippen LogP contribution < -0.4 is 21.5 Å². The van der Waals surface area contributed by atoms with Crippen LogP contribution in [0, 0.1) is 11.8 Å². The Morgan fingerprint density at radius 3 is 2.19 bits per heavy atom. The highest BCUT2D eigenvalue weighted by Crippen LogP contribution is 2.41. The molecule has 4 fully saturated rings. The number of rotatable bonds is 1. The van der Waals surface area contributed by atoms with E-state index in [-0.39, 0.29) is 18.9 Å². The minimum absolute atomic E-state index is 0.00817. The molecule has 4 aliphatic heterocycles. The molecule has 0 spiro atoms. The van der Waals surface area contributed by atoms with Crippen molar-refractivity contribution in [3.05, 3.63) is 0 Å². The number of likely N-dealkylation sites (N-methyl/N-ethyl adjacent to an activating group) is 1. The number of nitrogens with zero attached hydrogens (tertiary/aromatic N) is 1. The lowest BCUT2D eigenvalue weighted by Gasteiger charge is -2.49. The first-order valence-corrected chi connectivity index (χ1v) is 11.6. The van der Waals surface area contributed by atoms with Crippen LogP contribution in [0.1, 0.15) is 51.4 Å². The van der Waals surface area contributed by atoms with Crippen molar-refractivity contribution in [2.24, 2.45) is 11.8 Å². The molecule has 4 bridgehead atoms. The number of nitrogens with one attached hydrogen (secondary N) is 4. The first-order chi connectivity index (χ1) is 15.1. The highest BCUT2D eigenvalue weighted by atomic mass is 19.4. The predicted molar refractivity (Wildman–Crippen MR) is 105 cm³/mol. The molecule has 186 valence electrons. The van der Waals surface area contributed by atoms with E-state index in [1.165, 1.54) is 0 Å². The van der Waals surface area contributed by atoms with Gasteiger partial charge in [-0.15, -0.1) is 0 Å². The Hall–Kier alpha value is -0.660. The lowest BCUT2D eigenvalue weighted by atomic mass is 9.85. The van der Waals surface area contributed by atoms with Crippen LogP contribution in [0.2, 0.25) is 0 Å². The zero-order valence-electron chi connectivity index (χ0n) is 18.1. The number of piperidine rings is 1. The van der Waals surface area contributed by atoms with E-state index in [0.717, 1.165) is 12.8 Å². The quantitative estimate of drug-likeness (QED) is 0.440. The fourth-order valence-electron chi connectivity index (χ4n) is 5.92. The predicted octanol–water partition coefficient (Wildman–Crippen LogP) is 2.82. The molecule has 12 heteroatoms. The average Bonchev–Trinajstić information content (AvgIpc) is 3.37. The first kappa shape index (κ1) is 24.5. The number of fused-ring (bicyclic) bond motifs is 7. The van der Waals surface area contributed by atoms with E-state index < -0.39 is 54.9 Å². The molecule has 6 unspecified atom stereocenters. The van der Waals surface area contributed by atoms with Crippen LogP contribution in [0.25, 0.3) is 0 Å². The third-order valence-electron chi connectivity index (χ3n) is 7.58. The molecule has 0 amide bonds. The molecule has 4 rings (SSSR count). The van der Waals surface area contributed by atoms with Gasteiger partial charge in [0.25, 0.3) is 0 Å². The molecule has 0 radical (unpaired) electrons. The van der Waals surface area contributed by atoms with Crippen LogP contribution in [-0.2, 0) is 4.74 Å². The van der Waals surface area contributed by atoms with E-state index >= 15 is 0 Å². The highest BCUT2D eigenvalue weighted by Gasteiger charge is 2.56. The Labute approximate surface area is 184 Å². The summed E-state index contributed by atoms with van der Waals surface area (Å²) in [7, 11) is 1.57. The van der Waals surface area contributed by atoms with Crippen LogP contribution in [0.5, 0.6) is 0 Å². The number of hydrogen-bond donors (Lipinski definition) is 4. The van der Waals surface area contributed by atoms with Gasteiger partial charge in [0.05, 0.1) is 24.0 Å². The Morgan fingerprint density at radius 1 is 0.844 bits per heavy atom. The number of hydrogen-bond acceptors (Lipinski definition) is 6. The second-order valence-electron chi connectivity index (χ2n) is 9.50. The molecule has 0 saturated carbocycles. The second-order valence-corrected chi connectivity index (χ2v) is 9.50. The lowest BCUT2D eigenvalue weighted by molar-refractivity contribution is -0.220. The van der Waals surface area contributed by atoms with Gasteiger partial charge in [-0.2, -0.15) is 26.3 Å². The van der Waals surface area contributed by atoms with E-state index in [4.69, 9.17) is 4.74 Å². The van der Waals surface area contributed by atoms with Crippen molar-refractivity contribution in [1.82, 2.24) is 26.4 Å². The van der Waals surface area contributed by atoms with Crippen molar-refractivity contribution in [3.63, 3.8) is 0 Å². The van der Waals surface area contributed by atoms with Crippen LogP contribution in [0.4, 0.5) is 26.3 Å². The zero-order chi connectivity index (χ0) is 23.1. The highest BCUT2D eigenvalue weighted by molar-refractivity contribution is 5.03. The van der Waals surface area contributed by atoms with Crippen molar-refractivity contribution in [3.8, 4) is 0 Å². The molecular weight excluding hydrogens is 440 g/mol. The molecule has 0 aliphatic carbocycles. The normalized spacial score (nSPS) is 42.5. The summed E-state index contributed by atoms with van der Waals surface area (Å²) in [6, 6.07) is -1.23. The van der Waals surface area contributed by atoms with E-state index in [2.05, 4.69) is 21.5 Å². The van der Waals surface area contributed by atoms with Crippen LogP contribution >= 0.6 is 0 Å². The van der Waals surface area contributed by atoms with Crippen LogP contribution in [-0.4, -0.2) is 67.6 Å². The topological polar surface area (TPSA) is 60.6 Å². The van der Waals surface area contributed by atoms with Crippen molar-refractivity contribution >= 4 is 0 Å². The van der Waals surface area contributed by atoms with Gasteiger partial charge in [-0.25, -0.2) is 10.9 Å². The average molecular weight is 474 g/mol. The summed E-state index contributed by atoms with van der Waals surface area (Å²) < 4.78 is 89.1. The molecule has 0 aromatic carbocycles. The molecule has 0 aromatic heterocycles. The van der Waals surface area contributed by atoms with E-state index in [0.29, 0.717) is 32.2 Å². The first-order valence-electron chi connectivity index (χ1n) is 11.6. The van der Waals surface area contributed by atoms with Crippen molar-refractivity contribution in [2.75, 3.05) is 13.6 Å². The van der Waals surface area contributed by atoms with Gasteiger partial charge in [-0.05, 0) is 45.7 Å². The Kier molecular flexibility index (Phi) is 7.29. The third-order valence-corrected chi connectivity index (χ3v) is 7.58. The summed E-state index contributed by atoms with van der Waals surface area (Å²) in [6.45, 7) is 0.585. The van der Waals surface area contributed by atoms with Crippen molar-refractivity contribution in [2.45, 2.75) is 100 Å². The monoisotopic (exact) mass is 473 g/mol. The van der Waals surface area contributed by atoms with Gasteiger partial charge in [-0.1, -0.05) is 19.3 Å². The molecule has 8 atom stereocenters. The van der Waals surface area contributed by atoms with Gasteiger partial charge < -0.3 is 10.1 Å². The lowest BCUT2D eigenvalue weighted by Crippen LogP contribution is -2.70. The summed E-state index contributed by atoms with van der Waals surface area (Å²) in [6.07, 6.45) is -8.05. The molecule has 32 heavy (non-hydrogen) atoms. The summed E-state index contributed by atoms with van der Waals surface area (Å²) in [5, 5.41) is 6.08. The molecule has 4 aliphatic rings. The third kappa shape index (κ3) is 5.05. The summed E-state index contributed by atoms with van der Waals surface area (Å²) in [5.74, 6) is -3.25. The van der Waals surface area contributed by atoms with Gasteiger partial charge in [0.1, 0.15) is 12.5 Å². The van der Waals surface area contributed by atoms with Gasteiger partial charge >= 0.3 is 12.4 Å². The number of hydrazine groups is 1. The number of halogens is 6. The maximum Gasteiger partial charge on any atom is 0.395 e. The van der Waals surface area contributed by atoms with E-state index in [1.807, 2.05) is 4.90 Å². The number of ether oxygens (including phenoxy) is 1. The summed E-state index contributed by atoms with van der Waals surface area (Å²) >= 11 is 0. The van der Waals surface area contributed by atoms with E-state index in [9.17, 15) is 26.3 Å². The van der Waals surface area contributed by atoms with Gasteiger partial charge in [0.15, 0.2) is 0 Å². The minimum Gasteiger partial charge on any atom is -0.340 e. The minimum atomic E-state index is -4.43. The Bertz CT molecular complexity index is 635. The fourth-order valence-corrected chi connectivity index (χ4v) is 5.92.